The summed E-state index contributed by atoms with van der Waals surface area (Å²) in [6.45, 7) is 1.95. The highest BCUT2D eigenvalue weighted by Gasteiger charge is 2.33. The first-order valence-corrected chi connectivity index (χ1v) is 10.6. The summed E-state index contributed by atoms with van der Waals surface area (Å²) in [5.74, 6) is -0.985. The zero-order valence-corrected chi connectivity index (χ0v) is 18.8. The Morgan fingerprint density at radius 1 is 1.15 bits per heavy atom. The van der Waals surface area contributed by atoms with E-state index in [0.29, 0.717) is 10.6 Å². The van der Waals surface area contributed by atoms with Gasteiger partial charge in [-0.2, -0.15) is 13.2 Å². The van der Waals surface area contributed by atoms with Crippen LogP contribution in [0.4, 0.5) is 30.4 Å². The van der Waals surface area contributed by atoms with Crippen LogP contribution in [0.5, 0.6) is 0 Å². The van der Waals surface area contributed by atoms with Gasteiger partial charge >= 0.3 is 6.18 Å². The summed E-state index contributed by atoms with van der Waals surface area (Å²) in [5.41, 5.74) is 10.2. The standard InChI is InChI=1S/C20H21F3N8O2S/c1-9(30-18(33)15-11(6-26-2)16(25)29-8-28-15)19-27-7-14(34-19)17(32)31-10-3-4-13(24)12(5-10)20(21,22)23/h3-5,7-9,26H,6,24H2,1-2H3,(H,30,33)(H,31,32)(H2,25,28,29). The van der Waals surface area contributed by atoms with Crippen LogP contribution in [0, 0.1) is 0 Å². The lowest BCUT2D eigenvalue weighted by molar-refractivity contribution is -0.136. The Balaban J connectivity index is 1.71. The highest BCUT2D eigenvalue weighted by Crippen LogP contribution is 2.35. The predicted octanol–water partition coefficient (Wildman–Crippen LogP) is 2.58. The Bertz CT molecular complexity index is 1210. The zero-order chi connectivity index (χ0) is 25.0. The number of amides is 2. The van der Waals surface area contributed by atoms with Crippen LogP contribution in [-0.4, -0.2) is 33.8 Å². The molecule has 2 aromatic heterocycles. The number of carbonyl (C=O) groups excluding carboxylic acids is 2. The summed E-state index contributed by atoms with van der Waals surface area (Å²) in [6.07, 6.45) is -2.20. The molecule has 2 heterocycles. The molecule has 14 heteroatoms. The molecule has 10 nitrogen and oxygen atoms in total. The molecule has 34 heavy (non-hydrogen) atoms. The number of rotatable bonds is 7. The fourth-order valence-corrected chi connectivity index (χ4v) is 3.78. The number of hydrogen-bond acceptors (Lipinski definition) is 9. The molecule has 180 valence electrons. The van der Waals surface area contributed by atoms with E-state index in [0.717, 1.165) is 23.5 Å². The first-order valence-electron chi connectivity index (χ1n) is 9.79. The fraction of sp³-hybridized carbons (Fsp3) is 0.250. The first kappa shape index (κ1) is 24.9. The topological polar surface area (TPSA) is 161 Å². The van der Waals surface area contributed by atoms with Gasteiger partial charge in [0.15, 0.2) is 0 Å². The first-order chi connectivity index (χ1) is 16.0. The second kappa shape index (κ2) is 10.0. The molecule has 1 atom stereocenters. The van der Waals surface area contributed by atoms with Crippen LogP contribution in [-0.2, 0) is 12.7 Å². The molecule has 2 amide bonds. The molecule has 0 aliphatic carbocycles. The molecule has 1 unspecified atom stereocenters. The molecule has 0 radical (unpaired) electrons. The number of alkyl halides is 3. The van der Waals surface area contributed by atoms with Crippen molar-refractivity contribution in [3.05, 3.63) is 57.4 Å². The van der Waals surface area contributed by atoms with Crippen LogP contribution in [0.3, 0.4) is 0 Å². The van der Waals surface area contributed by atoms with E-state index in [9.17, 15) is 22.8 Å². The largest absolute Gasteiger partial charge is 0.418 e. The number of carbonyl (C=O) groups is 2. The SMILES string of the molecule is CNCc1c(N)ncnc1C(=O)NC(C)c1ncc(C(=O)Nc2ccc(N)c(C(F)(F)F)c2)s1. The van der Waals surface area contributed by atoms with Crippen LogP contribution in [0.2, 0.25) is 0 Å². The second-order valence-corrected chi connectivity index (χ2v) is 8.19. The quantitative estimate of drug-likeness (QED) is 0.313. The highest BCUT2D eigenvalue weighted by atomic mass is 32.1. The van der Waals surface area contributed by atoms with Crippen molar-refractivity contribution in [2.45, 2.75) is 25.7 Å². The summed E-state index contributed by atoms with van der Waals surface area (Å²) in [7, 11) is 1.69. The molecule has 7 N–H and O–H groups in total. The molecular formula is C20H21F3N8O2S. The lowest BCUT2D eigenvalue weighted by Crippen LogP contribution is -2.29. The van der Waals surface area contributed by atoms with E-state index < -0.39 is 35.3 Å². The predicted molar refractivity (Wildman–Crippen MR) is 121 cm³/mol. The number of nitrogens with one attached hydrogen (secondary N) is 3. The van der Waals surface area contributed by atoms with Crippen LogP contribution in [0.1, 0.15) is 49.3 Å². The highest BCUT2D eigenvalue weighted by molar-refractivity contribution is 7.13. The van der Waals surface area contributed by atoms with E-state index in [1.165, 1.54) is 18.6 Å². The van der Waals surface area contributed by atoms with Gasteiger partial charge in [0.2, 0.25) is 0 Å². The lowest BCUT2D eigenvalue weighted by Gasteiger charge is -2.14. The number of thiazole rings is 1. The molecule has 0 aliphatic rings. The maximum absolute atomic E-state index is 13.0. The van der Waals surface area contributed by atoms with Gasteiger partial charge in [-0.1, -0.05) is 0 Å². The van der Waals surface area contributed by atoms with Crippen molar-refractivity contribution >= 4 is 40.3 Å². The summed E-state index contributed by atoms with van der Waals surface area (Å²) in [4.78, 5) is 37.4. The van der Waals surface area contributed by atoms with Gasteiger partial charge in [0.05, 0.1) is 17.8 Å². The van der Waals surface area contributed by atoms with Crippen molar-refractivity contribution in [1.29, 1.82) is 0 Å². The average Bonchev–Trinajstić information content (AvgIpc) is 3.26. The third kappa shape index (κ3) is 5.58. The van der Waals surface area contributed by atoms with Gasteiger partial charge in [-0.15, -0.1) is 11.3 Å². The number of nitrogens with two attached hydrogens (primary N) is 2. The minimum Gasteiger partial charge on any atom is -0.398 e. The van der Waals surface area contributed by atoms with E-state index in [1.807, 2.05) is 0 Å². The van der Waals surface area contributed by atoms with Crippen LogP contribution < -0.4 is 27.4 Å². The molecule has 0 fully saturated rings. The van der Waals surface area contributed by atoms with Crippen LogP contribution in [0.15, 0.2) is 30.7 Å². The van der Waals surface area contributed by atoms with Gasteiger partial charge in [0.25, 0.3) is 11.8 Å². The monoisotopic (exact) mass is 494 g/mol. The fourth-order valence-electron chi connectivity index (χ4n) is 2.96. The van der Waals surface area contributed by atoms with Crippen molar-refractivity contribution in [3.63, 3.8) is 0 Å². The zero-order valence-electron chi connectivity index (χ0n) is 18.0. The third-order valence-corrected chi connectivity index (χ3v) is 5.81. The van der Waals surface area contributed by atoms with E-state index >= 15 is 0 Å². The summed E-state index contributed by atoms with van der Waals surface area (Å²) in [6, 6.07) is 2.50. The minimum atomic E-state index is -4.66. The number of nitrogen functional groups attached to an aromatic ring is 2. The van der Waals surface area contributed by atoms with Crippen molar-refractivity contribution < 1.29 is 22.8 Å². The van der Waals surface area contributed by atoms with E-state index in [4.69, 9.17) is 11.5 Å². The van der Waals surface area contributed by atoms with Gasteiger partial charge in [0.1, 0.15) is 27.7 Å². The van der Waals surface area contributed by atoms with E-state index in [-0.39, 0.29) is 28.6 Å². The van der Waals surface area contributed by atoms with Crippen molar-refractivity contribution in [2.75, 3.05) is 23.8 Å². The van der Waals surface area contributed by atoms with E-state index in [2.05, 4.69) is 30.9 Å². The van der Waals surface area contributed by atoms with Gasteiger partial charge < -0.3 is 27.4 Å². The summed E-state index contributed by atoms with van der Waals surface area (Å²) < 4.78 is 39.1. The Hall–Kier alpha value is -3.78. The molecule has 0 aliphatic heterocycles. The molecule has 0 spiro atoms. The molecule has 3 aromatic rings. The number of aromatic nitrogens is 3. The van der Waals surface area contributed by atoms with Gasteiger partial charge in [-0.05, 0) is 32.2 Å². The van der Waals surface area contributed by atoms with Crippen LogP contribution in [0.25, 0.3) is 0 Å². The Morgan fingerprint density at radius 2 is 1.88 bits per heavy atom. The summed E-state index contributed by atoms with van der Waals surface area (Å²) in [5, 5.41) is 8.43. The second-order valence-electron chi connectivity index (χ2n) is 7.13. The Morgan fingerprint density at radius 3 is 2.56 bits per heavy atom. The van der Waals surface area contributed by atoms with Crippen molar-refractivity contribution in [2.24, 2.45) is 0 Å². The molecule has 1 aromatic carbocycles. The smallest absolute Gasteiger partial charge is 0.398 e. The van der Waals surface area contributed by atoms with Gasteiger partial charge in [-0.3, -0.25) is 9.59 Å². The minimum absolute atomic E-state index is 0.0683. The number of hydrogen-bond donors (Lipinski definition) is 5. The maximum atomic E-state index is 13.0. The van der Waals surface area contributed by atoms with Gasteiger partial charge in [-0.25, -0.2) is 15.0 Å². The maximum Gasteiger partial charge on any atom is 0.418 e. The molecule has 0 saturated heterocycles. The number of nitrogens with zero attached hydrogens (tertiary/aromatic N) is 3. The van der Waals surface area contributed by atoms with Gasteiger partial charge in [0, 0.05) is 23.5 Å². The van der Waals surface area contributed by atoms with Crippen molar-refractivity contribution in [1.82, 2.24) is 25.6 Å². The molecule has 3 rings (SSSR count). The molecule has 0 saturated carbocycles. The lowest BCUT2D eigenvalue weighted by atomic mass is 10.1. The third-order valence-electron chi connectivity index (χ3n) is 4.63. The normalized spacial score (nSPS) is 12.3. The average molecular weight is 495 g/mol. The van der Waals surface area contributed by atoms with E-state index in [1.54, 1.807) is 14.0 Å². The number of halogens is 3. The summed E-state index contributed by atoms with van der Waals surface area (Å²) >= 11 is 0.981. The Labute approximate surface area is 196 Å². The molecular weight excluding hydrogens is 473 g/mol. The number of benzene rings is 1. The van der Waals surface area contributed by atoms with Crippen molar-refractivity contribution in [3.8, 4) is 0 Å². The Kier molecular flexibility index (Phi) is 7.32. The van der Waals surface area contributed by atoms with Crippen LogP contribution >= 0.6 is 11.3 Å². The molecule has 0 bridgehead atoms. The number of anilines is 3.